The van der Waals surface area contributed by atoms with Crippen LogP contribution >= 0.6 is 11.3 Å². The molecule has 1 aliphatic rings. The van der Waals surface area contributed by atoms with Crippen molar-refractivity contribution in [1.82, 2.24) is 5.32 Å². The second kappa shape index (κ2) is 5.89. The molecule has 100 valence electrons. The molecule has 0 spiro atoms. The SMILES string of the molecule is CC(Cc1cccs1)NCc1ccc(C2CC2)cc1. The third kappa shape index (κ3) is 3.68. The zero-order valence-electron chi connectivity index (χ0n) is 11.4. The Bertz CT molecular complexity index is 497. The van der Waals surface area contributed by atoms with Crippen LogP contribution < -0.4 is 5.32 Å². The topological polar surface area (TPSA) is 12.0 Å². The van der Waals surface area contributed by atoms with Gasteiger partial charge in [0.1, 0.15) is 0 Å². The van der Waals surface area contributed by atoms with E-state index in [1.165, 1.54) is 28.8 Å². The molecule has 1 nitrogen and oxygen atoms in total. The number of benzene rings is 1. The standard InChI is InChI=1S/C17H21NS/c1-13(11-17-3-2-10-19-17)18-12-14-4-6-15(7-5-14)16-8-9-16/h2-7,10,13,16,18H,8-9,11-12H2,1H3. The van der Waals surface area contributed by atoms with E-state index in [1.54, 1.807) is 0 Å². The van der Waals surface area contributed by atoms with E-state index >= 15 is 0 Å². The van der Waals surface area contributed by atoms with Crippen molar-refractivity contribution in [3.05, 3.63) is 57.8 Å². The van der Waals surface area contributed by atoms with Crippen LogP contribution in [0.15, 0.2) is 41.8 Å². The van der Waals surface area contributed by atoms with Crippen molar-refractivity contribution >= 4 is 11.3 Å². The van der Waals surface area contributed by atoms with E-state index < -0.39 is 0 Å². The third-order valence-corrected chi connectivity index (χ3v) is 4.67. The second-order valence-electron chi connectivity index (χ2n) is 5.58. The Labute approximate surface area is 119 Å². The van der Waals surface area contributed by atoms with Crippen LogP contribution in [0.25, 0.3) is 0 Å². The molecule has 2 heteroatoms. The Morgan fingerprint density at radius 3 is 2.63 bits per heavy atom. The molecule has 1 N–H and O–H groups in total. The van der Waals surface area contributed by atoms with Gasteiger partial charge in [-0.25, -0.2) is 0 Å². The monoisotopic (exact) mass is 271 g/mol. The molecule has 0 bridgehead atoms. The van der Waals surface area contributed by atoms with Gasteiger partial charge in [-0.05, 0) is 54.7 Å². The van der Waals surface area contributed by atoms with Gasteiger partial charge in [-0.15, -0.1) is 11.3 Å². The van der Waals surface area contributed by atoms with Crippen LogP contribution in [0.4, 0.5) is 0 Å². The first-order valence-electron chi connectivity index (χ1n) is 7.16. The van der Waals surface area contributed by atoms with Crippen molar-refractivity contribution in [1.29, 1.82) is 0 Å². The Kier molecular flexibility index (Phi) is 4.00. The second-order valence-corrected chi connectivity index (χ2v) is 6.61. The van der Waals surface area contributed by atoms with Gasteiger partial charge >= 0.3 is 0 Å². The fraction of sp³-hybridized carbons (Fsp3) is 0.412. The van der Waals surface area contributed by atoms with E-state index in [0.29, 0.717) is 6.04 Å². The summed E-state index contributed by atoms with van der Waals surface area (Å²) in [6.45, 7) is 3.23. The first-order chi connectivity index (χ1) is 9.31. The maximum absolute atomic E-state index is 3.61. The lowest BCUT2D eigenvalue weighted by molar-refractivity contribution is 0.548. The number of hydrogen-bond acceptors (Lipinski definition) is 2. The summed E-state index contributed by atoms with van der Waals surface area (Å²) in [7, 11) is 0. The van der Waals surface area contributed by atoms with Crippen LogP contribution in [0.5, 0.6) is 0 Å². The zero-order chi connectivity index (χ0) is 13.1. The molecule has 1 unspecified atom stereocenters. The predicted octanol–water partition coefficient (Wildman–Crippen LogP) is 4.35. The van der Waals surface area contributed by atoms with Crippen molar-refractivity contribution in [3.63, 3.8) is 0 Å². The summed E-state index contributed by atoms with van der Waals surface area (Å²) >= 11 is 1.85. The van der Waals surface area contributed by atoms with E-state index in [1.807, 2.05) is 11.3 Å². The molecular weight excluding hydrogens is 250 g/mol. The average molecular weight is 271 g/mol. The zero-order valence-corrected chi connectivity index (χ0v) is 12.2. The lowest BCUT2D eigenvalue weighted by atomic mass is 10.1. The maximum atomic E-state index is 3.61. The van der Waals surface area contributed by atoms with Gasteiger partial charge in [-0.1, -0.05) is 30.3 Å². The van der Waals surface area contributed by atoms with Crippen LogP contribution in [0, 0.1) is 0 Å². The predicted molar refractivity (Wildman–Crippen MR) is 82.7 cm³/mol. The fourth-order valence-corrected chi connectivity index (χ4v) is 3.25. The molecular formula is C17H21NS. The number of hydrogen-bond donors (Lipinski definition) is 1. The molecule has 0 amide bonds. The minimum atomic E-state index is 0.529. The molecule has 1 atom stereocenters. The van der Waals surface area contributed by atoms with Crippen LogP contribution in [0.2, 0.25) is 0 Å². The number of thiophene rings is 1. The van der Waals surface area contributed by atoms with Crippen LogP contribution in [0.1, 0.15) is 41.7 Å². The highest BCUT2D eigenvalue weighted by atomic mass is 32.1. The Hall–Kier alpha value is -1.12. The van der Waals surface area contributed by atoms with Crippen molar-refractivity contribution in [2.45, 2.75) is 44.7 Å². The van der Waals surface area contributed by atoms with Crippen molar-refractivity contribution in [2.75, 3.05) is 0 Å². The van der Waals surface area contributed by atoms with Gasteiger partial charge in [-0.3, -0.25) is 0 Å². The van der Waals surface area contributed by atoms with Gasteiger partial charge in [0.15, 0.2) is 0 Å². The van der Waals surface area contributed by atoms with E-state index in [2.05, 4.69) is 54.0 Å². The largest absolute Gasteiger partial charge is 0.310 e. The molecule has 0 radical (unpaired) electrons. The van der Waals surface area contributed by atoms with E-state index in [9.17, 15) is 0 Å². The summed E-state index contributed by atoms with van der Waals surface area (Å²) in [5, 5.41) is 5.76. The van der Waals surface area contributed by atoms with Gasteiger partial charge < -0.3 is 5.32 Å². The smallest absolute Gasteiger partial charge is 0.0208 e. The van der Waals surface area contributed by atoms with Crippen LogP contribution in [0.3, 0.4) is 0 Å². The van der Waals surface area contributed by atoms with Crippen molar-refractivity contribution in [3.8, 4) is 0 Å². The number of nitrogens with one attached hydrogen (secondary N) is 1. The minimum Gasteiger partial charge on any atom is -0.310 e. The first kappa shape index (κ1) is 12.9. The highest BCUT2D eigenvalue weighted by Crippen LogP contribution is 2.39. The van der Waals surface area contributed by atoms with Crippen LogP contribution in [-0.4, -0.2) is 6.04 Å². The highest BCUT2D eigenvalue weighted by molar-refractivity contribution is 7.09. The van der Waals surface area contributed by atoms with Crippen LogP contribution in [-0.2, 0) is 13.0 Å². The molecule has 0 saturated heterocycles. The fourth-order valence-electron chi connectivity index (χ4n) is 2.42. The van der Waals surface area contributed by atoms with Gasteiger partial charge in [-0.2, -0.15) is 0 Å². The summed E-state index contributed by atoms with van der Waals surface area (Å²) in [5.41, 5.74) is 2.91. The van der Waals surface area contributed by atoms with E-state index in [4.69, 9.17) is 0 Å². The minimum absolute atomic E-state index is 0.529. The molecule has 19 heavy (non-hydrogen) atoms. The summed E-state index contributed by atoms with van der Waals surface area (Å²) in [6.07, 6.45) is 3.89. The van der Waals surface area contributed by atoms with Crippen molar-refractivity contribution < 1.29 is 0 Å². The molecule has 3 rings (SSSR count). The van der Waals surface area contributed by atoms with E-state index in [0.717, 1.165) is 18.9 Å². The Morgan fingerprint density at radius 1 is 1.21 bits per heavy atom. The summed E-state index contributed by atoms with van der Waals surface area (Å²) in [6, 6.07) is 14.0. The Balaban J connectivity index is 1.48. The highest BCUT2D eigenvalue weighted by Gasteiger charge is 2.22. The van der Waals surface area contributed by atoms with E-state index in [-0.39, 0.29) is 0 Å². The summed E-state index contributed by atoms with van der Waals surface area (Å²) < 4.78 is 0. The van der Waals surface area contributed by atoms with Gasteiger partial charge in [0, 0.05) is 17.5 Å². The van der Waals surface area contributed by atoms with Crippen molar-refractivity contribution in [2.24, 2.45) is 0 Å². The quantitative estimate of drug-likeness (QED) is 0.824. The molecule has 1 aliphatic carbocycles. The van der Waals surface area contributed by atoms with Gasteiger partial charge in [0.25, 0.3) is 0 Å². The summed E-state index contributed by atoms with van der Waals surface area (Å²) in [4.78, 5) is 1.46. The molecule has 1 heterocycles. The molecule has 1 saturated carbocycles. The molecule has 2 aromatic rings. The Morgan fingerprint density at radius 2 is 2.00 bits per heavy atom. The lowest BCUT2D eigenvalue weighted by Crippen LogP contribution is -2.27. The number of rotatable bonds is 6. The molecule has 1 aromatic carbocycles. The average Bonchev–Trinajstić information content (AvgIpc) is 3.16. The van der Waals surface area contributed by atoms with Gasteiger partial charge in [0.05, 0.1) is 0 Å². The van der Waals surface area contributed by atoms with Gasteiger partial charge in [0.2, 0.25) is 0 Å². The normalized spacial score (nSPS) is 16.5. The molecule has 1 aromatic heterocycles. The maximum Gasteiger partial charge on any atom is 0.0208 e. The first-order valence-corrected chi connectivity index (χ1v) is 8.04. The molecule has 0 aliphatic heterocycles. The third-order valence-electron chi connectivity index (χ3n) is 3.77. The molecule has 1 fully saturated rings. The lowest BCUT2D eigenvalue weighted by Gasteiger charge is -2.13. The summed E-state index contributed by atoms with van der Waals surface area (Å²) in [5.74, 6) is 0.861.